The van der Waals surface area contributed by atoms with Crippen LogP contribution in [0, 0.1) is 6.92 Å². The van der Waals surface area contributed by atoms with Gasteiger partial charge in [-0.3, -0.25) is 4.79 Å². The summed E-state index contributed by atoms with van der Waals surface area (Å²) in [6, 6.07) is 17.6. The van der Waals surface area contributed by atoms with E-state index >= 15 is 0 Å². The number of nitrogens with zero attached hydrogens (tertiary/aromatic N) is 4. The molecule has 2 aromatic carbocycles. The Morgan fingerprint density at radius 2 is 1.75 bits per heavy atom. The average Bonchev–Trinajstić information content (AvgIpc) is 3.21. The number of aryl methyl sites for hydroxylation is 2. The molecule has 0 saturated carbocycles. The molecule has 0 radical (unpaired) electrons. The van der Waals surface area contributed by atoms with Gasteiger partial charge in [-0.1, -0.05) is 60.2 Å². The highest BCUT2D eigenvalue weighted by Crippen LogP contribution is 2.31. The second kappa shape index (κ2) is 8.78. The molecule has 0 unspecified atom stereocenters. The van der Waals surface area contributed by atoms with Gasteiger partial charge in [0.25, 0.3) is 11.7 Å². The van der Waals surface area contributed by atoms with Crippen LogP contribution in [0.25, 0.3) is 17.0 Å². The van der Waals surface area contributed by atoms with Crippen molar-refractivity contribution in [2.45, 2.75) is 25.9 Å². The van der Waals surface area contributed by atoms with Gasteiger partial charge in [-0.2, -0.15) is 22.7 Å². The zero-order valence-corrected chi connectivity index (χ0v) is 17.2. The molecule has 0 aliphatic carbocycles. The Bertz CT molecular complexity index is 1230. The summed E-state index contributed by atoms with van der Waals surface area (Å²) in [7, 11) is 0. The number of alkyl halides is 3. The topological polar surface area (TPSA) is 72.2 Å². The molecule has 0 aliphatic heterocycles. The van der Waals surface area contributed by atoms with Crippen LogP contribution in [0.3, 0.4) is 0 Å². The first-order valence-corrected chi connectivity index (χ1v) is 10.1. The molecular weight excluding hydrogens is 419 g/mol. The number of carbonyl (C=O) groups is 1. The van der Waals surface area contributed by atoms with Crippen molar-refractivity contribution in [1.29, 1.82) is 0 Å². The fourth-order valence-electron chi connectivity index (χ4n) is 3.26. The van der Waals surface area contributed by atoms with Crippen molar-refractivity contribution in [2.24, 2.45) is 0 Å². The van der Waals surface area contributed by atoms with Gasteiger partial charge in [0.1, 0.15) is 0 Å². The Labute approximate surface area is 182 Å². The predicted octanol–water partition coefficient (Wildman–Crippen LogP) is 4.48. The number of aromatic nitrogens is 4. The maximum absolute atomic E-state index is 13.7. The third kappa shape index (κ3) is 4.77. The van der Waals surface area contributed by atoms with Crippen molar-refractivity contribution < 1.29 is 18.0 Å². The summed E-state index contributed by atoms with van der Waals surface area (Å²) in [6.07, 6.45) is -3.26. The predicted molar refractivity (Wildman–Crippen MR) is 113 cm³/mol. The van der Waals surface area contributed by atoms with Crippen LogP contribution in [0.2, 0.25) is 0 Å². The molecule has 4 aromatic rings. The fourth-order valence-corrected chi connectivity index (χ4v) is 3.26. The smallest absolute Gasteiger partial charge is 0.349 e. The van der Waals surface area contributed by atoms with Crippen LogP contribution in [-0.2, 0) is 12.6 Å². The third-order valence-electron chi connectivity index (χ3n) is 4.92. The fraction of sp³-hybridized carbons (Fsp3) is 0.217. The molecule has 0 fully saturated rings. The van der Waals surface area contributed by atoms with Crippen LogP contribution in [-0.4, -0.2) is 32.0 Å². The summed E-state index contributed by atoms with van der Waals surface area (Å²) < 4.78 is 41.6. The Hall–Kier alpha value is -3.75. The third-order valence-corrected chi connectivity index (χ3v) is 4.92. The highest BCUT2D eigenvalue weighted by Gasteiger charge is 2.36. The van der Waals surface area contributed by atoms with Gasteiger partial charge in [-0.15, -0.1) is 5.10 Å². The van der Waals surface area contributed by atoms with Crippen molar-refractivity contribution in [2.75, 3.05) is 6.54 Å². The summed E-state index contributed by atoms with van der Waals surface area (Å²) >= 11 is 0. The highest BCUT2D eigenvalue weighted by atomic mass is 19.4. The number of halogens is 3. The van der Waals surface area contributed by atoms with Crippen molar-refractivity contribution in [3.05, 3.63) is 83.3 Å². The lowest BCUT2D eigenvalue weighted by molar-refractivity contribution is -0.142. The Morgan fingerprint density at radius 3 is 2.44 bits per heavy atom. The number of benzene rings is 2. The monoisotopic (exact) mass is 439 g/mol. The summed E-state index contributed by atoms with van der Waals surface area (Å²) in [5.74, 6) is -1.29. The first-order valence-electron chi connectivity index (χ1n) is 10.1. The maximum Gasteiger partial charge on any atom is 0.433 e. The number of rotatable bonds is 6. The quantitative estimate of drug-likeness (QED) is 0.450. The molecule has 0 saturated heterocycles. The van der Waals surface area contributed by atoms with E-state index in [1.165, 1.54) is 0 Å². The number of nitrogens with one attached hydrogen (secondary N) is 1. The summed E-state index contributed by atoms with van der Waals surface area (Å²) in [5.41, 5.74) is 1.68. The Kier molecular flexibility index (Phi) is 5.89. The molecule has 2 aromatic heterocycles. The van der Waals surface area contributed by atoms with Crippen molar-refractivity contribution >= 4 is 11.7 Å². The highest BCUT2D eigenvalue weighted by molar-refractivity contribution is 5.90. The molecule has 0 aliphatic rings. The number of hydrogen-bond donors (Lipinski definition) is 1. The second-order valence-corrected chi connectivity index (χ2v) is 7.38. The molecule has 0 bridgehead atoms. The molecule has 32 heavy (non-hydrogen) atoms. The zero-order chi connectivity index (χ0) is 22.7. The van der Waals surface area contributed by atoms with Crippen LogP contribution in [0.1, 0.15) is 33.9 Å². The van der Waals surface area contributed by atoms with Crippen molar-refractivity contribution in [1.82, 2.24) is 24.9 Å². The lowest BCUT2D eigenvalue weighted by Gasteiger charge is -2.10. The molecule has 2 heterocycles. The van der Waals surface area contributed by atoms with E-state index in [0.29, 0.717) is 23.0 Å². The van der Waals surface area contributed by atoms with Gasteiger partial charge in [0, 0.05) is 12.1 Å². The average molecular weight is 439 g/mol. The number of fused-ring (bicyclic) bond motifs is 1. The van der Waals surface area contributed by atoms with E-state index in [4.69, 9.17) is 0 Å². The van der Waals surface area contributed by atoms with E-state index in [-0.39, 0.29) is 17.3 Å². The van der Waals surface area contributed by atoms with Gasteiger partial charge in [-0.25, -0.2) is 4.98 Å². The Balaban J connectivity index is 1.56. The minimum atomic E-state index is -4.70. The van der Waals surface area contributed by atoms with Gasteiger partial charge in [0.05, 0.1) is 5.69 Å². The van der Waals surface area contributed by atoms with Crippen molar-refractivity contribution in [3.63, 3.8) is 0 Å². The SMILES string of the molecule is Cc1ccc(-c2cc(C(F)(F)F)n3nc(C(=O)NCCCc4ccccc4)nc3n2)cc1. The summed E-state index contributed by atoms with van der Waals surface area (Å²) in [4.78, 5) is 20.6. The Morgan fingerprint density at radius 1 is 1.03 bits per heavy atom. The van der Waals surface area contributed by atoms with E-state index in [2.05, 4.69) is 20.4 Å². The van der Waals surface area contributed by atoms with E-state index in [1.54, 1.807) is 24.3 Å². The van der Waals surface area contributed by atoms with Crippen LogP contribution in [0.5, 0.6) is 0 Å². The standard InChI is InChI=1S/C23H20F3N5O/c1-15-9-11-17(12-10-15)18-14-19(23(24,25)26)31-22(28-18)29-20(30-31)21(32)27-13-5-8-16-6-3-2-4-7-16/h2-4,6-7,9-12,14H,5,8,13H2,1H3,(H,27,32). The number of carbonyl (C=O) groups excluding carboxylic acids is 1. The first kappa shape index (κ1) is 21.5. The lowest BCUT2D eigenvalue weighted by Crippen LogP contribution is -2.26. The number of hydrogen-bond acceptors (Lipinski definition) is 4. The van der Waals surface area contributed by atoms with Gasteiger partial charge in [0.2, 0.25) is 5.82 Å². The van der Waals surface area contributed by atoms with E-state index in [0.717, 1.165) is 23.6 Å². The maximum atomic E-state index is 13.7. The second-order valence-electron chi connectivity index (χ2n) is 7.38. The first-order chi connectivity index (χ1) is 15.3. The molecular formula is C23H20F3N5O. The van der Waals surface area contributed by atoms with Gasteiger partial charge in [0.15, 0.2) is 5.69 Å². The normalized spacial score (nSPS) is 11.6. The molecule has 1 amide bonds. The minimum absolute atomic E-state index is 0.104. The summed E-state index contributed by atoms with van der Waals surface area (Å²) in [5, 5.41) is 6.43. The van der Waals surface area contributed by atoms with Gasteiger partial charge >= 0.3 is 6.18 Å². The van der Waals surface area contributed by atoms with Gasteiger partial charge in [-0.05, 0) is 31.4 Å². The van der Waals surface area contributed by atoms with Crippen LogP contribution >= 0.6 is 0 Å². The van der Waals surface area contributed by atoms with Crippen LogP contribution in [0.15, 0.2) is 60.7 Å². The minimum Gasteiger partial charge on any atom is -0.349 e. The van der Waals surface area contributed by atoms with E-state index < -0.39 is 17.8 Å². The van der Waals surface area contributed by atoms with Crippen LogP contribution in [0.4, 0.5) is 13.2 Å². The van der Waals surface area contributed by atoms with E-state index in [1.807, 2.05) is 37.3 Å². The molecule has 0 atom stereocenters. The molecule has 9 heteroatoms. The largest absolute Gasteiger partial charge is 0.433 e. The summed E-state index contributed by atoms with van der Waals surface area (Å²) in [6.45, 7) is 2.22. The lowest BCUT2D eigenvalue weighted by atomic mass is 10.1. The molecule has 1 N–H and O–H groups in total. The zero-order valence-electron chi connectivity index (χ0n) is 17.2. The molecule has 164 valence electrons. The van der Waals surface area contributed by atoms with Gasteiger partial charge < -0.3 is 5.32 Å². The van der Waals surface area contributed by atoms with Crippen LogP contribution < -0.4 is 5.32 Å². The van der Waals surface area contributed by atoms with E-state index in [9.17, 15) is 18.0 Å². The molecule has 6 nitrogen and oxygen atoms in total. The molecule has 0 spiro atoms. The number of amides is 1. The van der Waals surface area contributed by atoms with Crippen molar-refractivity contribution in [3.8, 4) is 11.3 Å². The molecule has 4 rings (SSSR count).